The zero-order chi connectivity index (χ0) is 22.6. The SMILES string of the molecule is CCn1c(C)cc(C(=O)COC(=O)c2ccc(S(=O)(=O)N3CCCCCC3)cc2)c1C. The molecule has 7 nitrogen and oxygen atoms in total. The summed E-state index contributed by atoms with van der Waals surface area (Å²) in [4.78, 5) is 25.0. The molecule has 31 heavy (non-hydrogen) atoms. The van der Waals surface area contributed by atoms with Gasteiger partial charge in [0, 0.05) is 36.6 Å². The van der Waals surface area contributed by atoms with E-state index in [0.717, 1.165) is 43.6 Å². The van der Waals surface area contributed by atoms with Crippen LogP contribution in [0.3, 0.4) is 0 Å². The third kappa shape index (κ3) is 5.07. The van der Waals surface area contributed by atoms with E-state index in [-0.39, 0.29) is 22.8 Å². The van der Waals surface area contributed by atoms with Crippen LogP contribution in [-0.2, 0) is 21.3 Å². The Morgan fingerprint density at radius 3 is 2.16 bits per heavy atom. The van der Waals surface area contributed by atoms with Gasteiger partial charge in [-0.3, -0.25) is 4.79 Å². The molecule has 1 aromatic carbocycles. The minimum absolute atomic E-state index is 0.161. The highest BCUT2D eigenvalue weighted by Crippen LogP contribution is 2.21. The third-order valence-corrected chi connectivity index (χ3v) is 7.73. The maximum Gasteiger partial charge on any atom is 0.338 e. The molecule has 1 aromatic heterocycles. The molecule has 0 atom stereocenters. The van der Waals surface area contributed by atoms with E-state index in [1.807, 2.05) is 25.3 Å². The molecule has 2 aromatic rings. The summed E-state index contributed by atoms with van der Waals surface area (Å²) < 4.78 is 34.4. The van der Waals surface area contributed by atoms with Crippen LogP contribution in [0, 0.1) is 13.8 Å². The van der Waals surface area contributed by atoms with Gasteiger partial charge in [0.15, 0.2) is 6.61 Å². The highest BCUT2D eigenvalue weighted by atomic mass is 32.2. The average Bonchev–Trinajstić information content (AvgIpc) is 2.94. The Kier molecular flexibility index (Phi) is 7.33. The first-order chi connectivity index (χ1) is 14.8. The van der Waals surface area contributed by atoms with Gasteiger partial charge in [-0.25, -0.2) is 13.2 Å². The standard InChI is InChI=1S/C23H30N2O5S/c1-4-25-17(2)15-21(18(25)3)22(26)16-30-23(27)19-9-11-20(12-10-19)31(28,29)24-13-7-5-6-8-14-24/h9-12,15H,4-8,13-14,16H2,1-3H3. The zero-order valence-electron chi connectivity index (χ0n) is 18.4. The zero-order valence-corrected chi connectivity index (χ0v) is 19.2. The third-order valence-electron chi connectivity index (χ3n) is 5.82. The van der Waals surface area contributed by atoms with Crippen molar-refractivity contribution in [3.05, 3.63) is 52.8 Å². The molecule has 1 aliphatic heterocycles. The second-order valence-corrected chi connectivity index (χ2v) is 9.81. The lowest BCUT2D eigenvalue weighted by molar-refractivity contribution is 0.0474. The molecule has 168 valence electrons. The summed E-state index contributed by atoms with van der Waals surface area (Å²) in [5.41, 5.74) is 2.59. The number of hydrogen-bond donors (Lipinski definition) is 0. The van der Waals surface area contributed by atoms with Crippen LogP contribution in [0.15, 0.2) is 35.2 Å². The molecule has 0 spiro atoms. The van der Waals surface area contributed by atoms with Crippen molar-refractivity contribution in [2.45, 2.75) is 57.9 Å². The van der Waals surface area contributed by atoms with Crippen molar-refractivity contribution in [1.29, 1.82) is 0 Å². The lowest BCUT2D eigenvalue weighted by Gasteiger charge is -2.19. The van der Waals surface area contributed by atoms with Crippen LogP contribution in [0.5, 0.6) is 0 Å². The molecular formula is C23H30N2O5S. The van der Waals surface area contributed by atoms with Gasteiger partial charge in [0.1, 0.15) is 0 Å². The first kappa shape index (κ1) is 23.2. The van der Waals surface area contributed by atoms with E-state index in [2.05, 4.69) is 0 Å². The number of carbonyl (C=O) groups is 2. The molecule has 1 fully saturated rings. The second-order valence-electron chi connectivity index (χ2n) is 7.87. The highest BCUT2D eigenvalue weighted by Gasteiger charge is 2.25. The van der Waals surface area contributed by atoms with Gasteiger partial charge in [-0.05, 0) is 63.9 Å². The maximum atomic E-state index is 12.8. The van der Waals surface area contributed by atoms with Crippen molar-refractivity contribution >= 4 is 21.8 Å². The fraction of sp³-hybridized carbons (Fsp3) is 0.478. The number of Topliss-reactive ketones (excluding diaryl/α,β-unsaturated/α-hetero) is 1. The number of nitrogens with zero attached hydrogens (tertiary/aromatic N) is 2. The molecule has 0 aliphatic carbocycles. The summed E-state index contributed by atoms with van der Waals surface area (Å²) in [5.74, 6) is -0.919. The van der Waals surface area contributed by atoms with Crippen LogP contribution < -0.4 is 0 Å². The van der Waals surface area contributed by atoms with Crippen molar-refractivity contribution in [3.8, 4) is 0 Å². The number of aromatic nitrogens is 1. The van der Waals surface area contributed by atoms with Gasteiger partial charge in [0.05, 0.1) is 10.5 Å². The fourth-order valence-corrected chi connectivity index (χ4v) is 5.57. The fourth-order valence-electron chi connectivity index (χ4n) is 4.06. The quantitative estimate of drug-likeness (QED) is 0.478. The van der Waals surface area contributed by atoms with Crippen molar-refractivity contribution < 1.29 is 22.7 Å². The largest absolute Gasteiger partial charge is 0.454 e. The summed E-state index contributed by atoms with van der Waals surface area (Å²) >= 11 is 0. The van der Waals surface area contributed by atoms with E-state index in [1.165, 1.54) is 28.6 Å². The predicted molar refractivity (Wildman–Crippen MR) is 118 cm³/mol. The minimum Gasteiger partial charge on any atom is -0.454 e. The van der Waals surface area contributed by atoms with Gasteiger partial charge in [-0.1, -0.05) is 12.8 Å². The van der Waals surface area contributed by atoms with E-state index in [0.29, 0.717) is 18.7 Å². The number of aryl methyl sites for hydroxylation is 1. The first-order valence-electron chi connectivity index (χ1n) is 10.7. The lowest BCUT2D eigenvalue weighted by Crippen LogP contribution is -2.31. The molecular weight excluding hydrogens is 416 g/mol. The molecule has 0 radical (unpaired) electrons. The average molecular weight is 447 g/mol. The Hall–Kier alpha value is -2.45. The van der Waals surface area contributed by atoms with Crippen LogP contribution in [0.4, 0.5) is 0 Å². The topological polar surface area (TPSA) is 85.7 Å². The Morgan fingerprint density at radius 1 is 1.00 bits per heavy atom. The molecule has 2 heterocycles. The van der Waals surface area contributed by atoms with Crippen molar-refractivity contribution in [3.63, 3.8) is 0 Å². The number of benzene rings is 1. The van der Waals surface area contributed by atoms with Crippen LogP contribution >= 0.6 is 0 Å². The Balaban J connectivity index is 1.64. The van der Waals surface area contributed by atoms with Gasteiger partial charge in [0.2, 0.25) is 15.8 Å². The van der Waals surface area contributed by atoms with E-state index in [9.17, 15) is 18.0 Å². The minimum atomic E-state index is -3.57. The van der Waals surface area contributed by atoms with Gasteiger partial charge in [0.25, 0.3) is 0 Å². The number of carbonyl (C=O) groups excluding carboxylic acids is 2. The van der Waals surface area contributed by atoms with E-state index >= 15 is 0 Å². The Labute approximate surface area is 184 Å². The van der Waals surface area contributed by atoms with Crippen LogP contribution in [-0.4, -0.2) is 48.7 Å². The summed E-state index contributed by atoms with van der Waals surface area (Å²) in [6.45, 7) is 7.25. The van der Waals surface area contributed by atoms with Gasteiger partial charge in [-0.15, -0.1) is 0 Å². The molecule has 1 aliphatic rings. The van der Waals surface area contributed by atoms with Crippen molar-refractivity contribution in [2.24, 2.45) is 0 Å². The van der Waals surface area contributed by atoms with E-state index in [1.54, 1.807) is 6.07 Å². The number of sulfonamides is 1. The highest BCUT2D eigenvalue weighted by molar-refractivity contribution is 7.89. The summed E-state index contributed by atoms with van der Waals surface area (Å²) in [7, 11) is -3.57. The van der Waals surface area contributed by atoms with Crippen LogP contribution in [0.1, 0.15) is 64.7 Å². The normalized spacial score (nSPS) is 15.5. The van der Waals surface area contributed by atoms with E-state index in [4.69, 9.17) is 4.74 Å². The molecule has 0 saturated carbocycles. The molecule has 0 N–H and O–H groups in total. The number of hydrogen-bond acceptors (Lipinski definition) is 5. The van der Waals surface area contributed by atoms with Gasteiger partial charge >= 0.3 is 5.97 Å². The lowest BCUT2D eigenvalue weighted by atomic mass is 10.1. The van der Waals surface area contributed by atoms with Crippen LogP contribution in [0.25, 0.3) is 0 Å². The maximum absolute atomic E-state index is 12.8. The van der Waals surface area contributed by atoms with Gasteiger partial charge < -0.3 is 9.30 Å². The Morgan fingerprint density at radius 2 is 1.61 bits per heavy atom. The monoisotopic (exact) mass is 446 g/mol. The number of esters is 1. The molecule has 1 saturated heterocycles. The van der Waals surface area contributed by atoms with Gasteiger partial charge in [-0.2, -0.15) is 4.31 Å². The first-order valence-corrected chi connectivity index (χ1v) is 12.2. The number of ketones is 1. The molecule has 0 amide bonds. The summed E-state index contributed by atoms with van der Waals surface area (Å²) in [6.07, 6.45) is 3.80. The predicted octanol–water partition coefficient (Wildman–Crippen LogP) is 3.73. The number of ether oxygens (including phenoxy) is 1. The second kappa shape index (κ2) is 9.78. The van der Waals surface area contributed by atoms with Crippen molar-refractivity contribution in [1.82, 2.24) is 8.87 Å². The summed E-state index contributed by atoms with van der Waals surface area (Å²) in [5, 5.41) is 0. The molecule has 8 heteroatoms. The summed E-state index contributed by atoms with van der Waals surface area (Å²) in [6, 6.07) is 7.51. The van der Waals surface area contributed by atoms with Crippen molar-refractivity contribution in [2.75, 3.05) is 19.7 Å². The van der Waals surface area contributed by atoms with Crippen LogP contribution in [0.2, 0.25) is 0 Å². The smallest absolute Gasteiger partial charge is 0.338 e. The van der Waals surface area contributed by atoms with E-state index < -0.39 is 16.0 Å². The Bertz CT molecular complexity index is 1050. The molecule has 0 unspecified atom stereocenters. The molecule has 3 rings (SSSR count). The molecule has 0 bridgehead atoms. The number of rotatable bonds is 7.